The summed E-state index contributed by atoms with van der Waals surface area (Å²) >= 11 is 0. The molecule has 5 aliphatic rings. The van der Waals surface area contributed by atoms with Crippen LogP contribution in [-0.2, 0) is 9.84 Å². The van der Waals surface area contributed by atoms with Gasteiger partial charge in [-0.05, 0) is 81.1 Å². The maximum absolute atomic E-state index is 14.6. The molecule has 0 radical (unpaired) electrons. The van der Waals surface area contributed by atoms with E-state index < -0.39 is 15.7 Å². The van der Waals surface area contributed by atoms with Crippen molar-refractivity contribution in [1.82, 2.24) is 14.7 Å². The van der Waals surface area contributed by atoms with Crippen molar-refractivity contribution in [2.75, 3.05) is 48.7 Å². The van der Waals surface area contributed by atoms with E-state index in [0.29, 0.717) is 23.9 Å². The Balaban J connectivity index is 1.19. The number of halogens is 1. The monoisotopic (exact) mass is 546 g/mol. The number of rotatable bonds is 6. The van der Waals surface area contributed by atoms with Crippen molar-refractivity contribution >= 4 is 27.0 Å². The molecule has 0 aliphatic carbocycles. The minimum absolute atomic E-state index is 0.00261. The predicted octanol–water partition coefficient (Wildman–Crippen LogP) is 4.50. The van der Waals surface area contributed by atoms with Gasteiger partial charge in [0.15, 0.2) is 9.84 Å². The van der Waals surface area contributed by atoms with E-state index in [9.17, 15) is 12.8 Å². The molecule has 202 valence electrons. The molecule has 5 aliphatic heterocycles. The molecule has 39 heavy (non-hydrogen) atoms. The molecule has 2 aromatic carbocycles. The maximum atomic E-state index is 14.6. The standard InChI is InChI=1S/C29H31FN6O2S/c1-31-26-7-2-20(14-25(26)30)27-16-28(32-19-29-8-11-34(12-9-29)13-10-29)33-36(27)22-5-3-21(4-6-22)35-17-24-15-23(35)18-39(24,37)38/h2-7,14,16,23-24H,8-13,15,17-19H2,(H,32,33). The van der Waals surface area contributed by atoms with Crippen molar-refractivity contribution in [1.29, 1.82) is 0 Å². The van der Waals surface area contributed by atoms with Crippen LogP contribution in [0.3, 0.4) is 0 Å². The first-order chi connectivity index (χ1) is 18.8. The van der Waals surface area contributed by atoms with Gasteiger partial charge in [0.25, 0.3) is 0 Å². The molecule has 2 unspecified atom stereocenters. The zero-order chi connectivity index (χ0) is 26.8. The van der Waals surface area contributed by atoms with Crippen molar-refractivity contribution in [2.45, 2.75) is 37.0 Å². The second kappa shape index (κ2) is 9.07. The number of fused-ring (bicyclic) bond motifs is 5. The average Bonchev–Trinajstić information content (AvgIpc) is 3.65. The highest BCUT2D eigenvalue weighted by Gasteiger charge is 2.48. The zero-order valence-electron chi connectivity index (χ0n) is 21.7. The van der Waals surface area contributed by atoms with E-state index >= 15 is 0 Å². The fourth-order valence-corrected chi connectivity index (χ4v) is 8.89. The molecule has 0 spiro atoms. The van der Waals surface area contributed by atoms with E-state index in [4.69, 9.17) is 11.7 Å². The topological polar surface area (TPSA) is 74.8 Å². The molecule has 0 saturated carbocycles. The molecule has 3 aromatic rings. The zero-order valence-corrected chi connectivity index (χ0v) is 22.5. The fraction of sp³-hybridized carbons (Fsp3) is 0.448. The largest absolute Gasteiger partial charge is 0.368 e. The number of nitrogens with one attached hydrogen (secondary N) is 1. The Hall–Kier alpha value is -3.42. The van der Waals surface area contributed by atoms with Crippen LogP contribution in [0.2, 0.25) is 0 Å². The number of hydrogen-bond acceptors (Lipinski definition) is 6. The predicted molar refractivity (Wildman–Crippen MR) is 150 cm³/mol. The third-order valence-electron chi connectivity index (χ3n) is 9.33. The van der Waals surface area contributed by atoms with Crippen LogP contribution in [0, 0.1) is 17.8 Å². The van der Waals surface area contributed by atoms with Gasteiger partial charge in [0.1, 0.15) is 11.6 Å². The molecule has 8 rings (SSSR count). The van der Waals surface area contributed by atoms with E-state index in [1.54, 1.807) is 6.07 Å². The molecular formula is C29H31FN6O2S. The van der Waals surface area contributed by atoms with Gasteiger partial charge in [-0.25, -0.2) is 22.3 Å². The van der Waals surface area contributed by atoms with Crippen LogP contribution in [0.15, 0.2) is 48.5 Å². The highest BCUT2D eigenvalue weighted by atomic mass is 32.2. The summed E-state index contributed by atoms with van der Waals surface area (Å²) in [5.74, 6) is 0.420. The Bertz CT molecular complexity index is 1560. The SMILES string of the molecule is [C-]#[N+]c1ccc(-c2cc(NCC34CCN(CC3)CC4)nn2-c2ccc(N3CC4CC3CS4(=O)=O)cc2)cc1F. The molecule has 8 nitrogen and oxygen atoms in total. The molecule has 6 heterocycles. The van der Waals surface area contributed by atoms with Gasteiger partial charge in [-0.15, -0.1) is 5.10 Å². The van der Waals surface area contributed by atoms with Gasteiger partial charge in [-0.1, -0.05) is 12.1 Å². The van der Waals surface area contributed by atoms with Crippen molar-refractivity contribution < 1.29 is 12.8 Å². The molecule has 4 bridgehead atoms. The number of sulfone groups is 1. The number of nitrogens with zero attached hydrogens (tertiary/aromatic N) is 5. The molecule has 5 saturated heterocycles. The summed E-state index contributed by atoms with van der Waals surface area (Å²) in [5, 5.41) is 8.22. The van der Waals surface area contributed by atoms with Gasteiger partial charge in [0.05, 0.1) is 29.0 Å². The van der Waals surface area contributed by atoms with Crippen molar-refractivity contribution in [3.63, 3.8) is 0 Å². The minimum Gasteiger partial charge on any atom is -0.368 e. The summed E-state index contributed by atoms with van der Waals surface area (Å²) in [6.45, 7) is 12.1. The lowest BCUT2D eigenvalue weighted by Crippen LogP contribution is -2.50. The van der Waals surface area contributed by atoms with Gasteiger partial charge >= 0.3 is 0 Å². The van der Waals surface area contributed by atoms with Gasteiger partial charge in [-0.3, -0.25) is 0 Å². The molecule has 1 aromatic heterocycles. The van der Waals surface area contributed by atoms with E-state index in [1.165, 1.54) is 31.4 Å². The quantitative estimate of drug-likeness (QED) is 0.459. The van der Waals surface area contributed by atoms with Crippen molar-refractivity contribution in [3.05, 3.63) is 65.8 Å². The van der Waals surface area contributed by atoms with Gasteiger partial charge < -0.3 is 15.1 Å². The Morgan fingerprint density at radius 2 is 1.77 bits per heavy atom. The van der Waals surface area contributed by atoms with Crippen LogP contribution in [-0.4, -0.2) is 72.9 Å². The molecule has 0 amide bonds. The van der Waals surface area contributed by atoms with Gasteiger partial charge in [0, 0.05) is 36.4 Å². The Labute approximate surface area is 228 Å². The number of aromatic nitrogens is 2. The van der Waals surface area contributed by atoms with Crippen LogP contribution < -0.4 is 10.2 Å². The molecule has 2 atom stereocenters. The summed E-state index contributed by atoms with van der Waals surface area (Å²) in [7, 11) is -2.95. The number of piperidine rings is 3. The lowest BCUT2D eigenvalue weighted by atomic mass is 9.72. The second-order valence-corrected chi connectivity index (χ2v) is 13.9. The summed E-state index contributed by atoms with van der Waals surface area (Å²) in [5.41, 5.74) is 3.52. The Morgan fingerprint density at radius 3 is 2.38 bits per heavy atom. The fourth-order valence-electron chi connectivity index (χ4n) is 6.86. The lowest BCUT2D eigenvalue weighted by Gasteiger charge is -2.48. The molecule has 5 fully saturated rings. The normalized spacial score (nSPS) is 28.5. The second-order valence-electron chi connectivity index (χ2n) is 11.6. The molecule has 1 N–H and O–H groups in total. The van der Waals surface area contributed by atoms with E-state index in [0.717, 1.165) is 49.1 Å². The molecule has 10 heteroatoms. The average molecular weight is 547 g/mol. The smallest absolute Gasteiger partial charge is 0.222 e. The van der Waals surface area contributed by atoms with Crippen molar-refractivity contribution in [2.24, 2.45) is 5.41 Å². The third kappa shape index (κ3) is 4.28. The highest BCUT2D eigenvalue weighted by Crippen LogP contribution is 2.41. The minimum atomic E-state index is -2.95. The number of hydrogen-bond donors (Lipinski definition) is 1. The van der Waals surface area contributed by atoms with Crippen LogP contribution in [0.5, 0.6) is 0 Å². The van der Waals surface area contributed by atoms with Crippen LogP contribution in [0.25, 0.3) is 21.8 Å². The first-order valence-electron chi connectivity index (χ1n) is 13.6. The lowest BCUT2D eigenvalue weighted by molar-refractivity contribution is 0.0360. The summed E-state index contributed by atoms with van der Waals surface area (Å²) in [6.07, 6.45) is 4.28. The summed E-state index contributed by atoms with van der Waals surface area (Å²) in [6, 6.07) is 14.7. The van der Waals surface area contributed by atoms with Gasteiger partial charge in [-0.2, -0.15) is 0 Å². The van der Waals surface area contributed by atoms with Crippen LogP contribution >= 0.6 is 0 Å². The summed E-state index contributed by atoms with van der Waals surface area (Å²) < 4.78 is 40.8. The summed E-state index contributed by atoms with van der Waals surface area (Å²) in [4.78, 5) is 7.99. The number of benzene rings is 2. The van der Waals surface area contributed by atoms with E-state index in [1.807, 2.05) is 35.0 Å². The third-order valence-corrected chi connectivity index (χ3v) is 11.5. The Kier molecular flexibility index (Phi) is 5.72. The van der Waals surface area contributed by atoms with E-state index in [2.05, 4.69) is 20.0 Å². The van der Waals surface area contributed by atoms with E-state index in [-0.39, 0.29) is 22.7 Å². The van der Waals surface area contributed by atoms with Crippen LogP contribution in [0.4, 0.5) is 21.6 Å². The first-order valence-corrected chi connectivity index (χ1v) is 15.4. The number of anilines is 2. The van der Waals surface area contributed by atoms with Crippen LogP contribution in [0.1, 0.15) is 25.7 Å². The van der Waals surface area contributed by atoms with Gasteiger partial charge in [0.2, 0.25) is 5.69 Å². The first kappa shape index (κ1) is 24.6. The Morgan fingerprint density at radius 1 is 1.05 bits per heavy atom. The highest BCUT2D eigenvalue weighted by molar-refractivity contribution is 7.92. The maximum Gasteiger partial charge on any atom is 0.222 e. The molecular weight excluding hydrogens is 515 g/mol. The van der Waals surface area contributed by atoms with Crippen molar-refractivity contribution in [3.8, 4) is 16.9 Å².